The SMILES string of the molecule is Nc1c(F)cc(F)cc1NCc1cccc2cccnc12. The van der Waals surface area contributed by atoms with E-state index >= 15 is 0 Å². The van der Waals surface area contributed by atoms with E-state index in [9.17, 15) is 8.78 Å². The van der Waals surface area contributed by atoms with Crippen LogP contribution in [0, 0.1) is 11.6 Å². The number of fused-ring (bicyclic) bond motifs is 1. The van der Waals surface area contributed by atoms with E-state index in [1.165, 1.54) is 6.07 Å². The van der Waals surface area contributed by atoms with Gasteiger partial charge in [0.05, 0.1) is 16.9 Å². The summed E-state index contributed by atoms with van der Waals surface area (Å²) in [5, 5.41) is 3.97. The first kappa shape index (κ1) is 13.3. The van der Waals surface area contributed by atoms with Crippen molar-refractivity contribution >= 4 is 22.3 Å². The smallest absolute Gasteiger partial charge is 0.151 e. The Hall–Kier alpha value is -2.69. The Kier molecular flexibility index (Phi) is 3.39. The molecule has 5 heteroatoms. The average Bonchev–Trinajstić information content (AvgIpc) is 2.49. The Morgan fingerprint density at radius 1 is 1.10 bits per heavy atom. The van der Waals surface area contributed by atoms with Gasteiger partial charge in [0.15, 0.2) is 5.82 Å². The molecule has 21 heavy (non-hydrogen) atoms. The van der Waals surface area contributed by atoms with Crippen molar-refractivity contribution in [1.82, 2.24) is 4.98 Å². The van der Waals surface area contributed by atoms with Gasteiger partial charge in [0, 0.05) is 24.2 Å². The molecule has 0 bridgehead atoms. The fraction of sp³-hybridized carbons (Fsp3) is 0.0625. The number of anilines is 2. The maximum absolute atomic E-state index is 13.4. The second kappa shape index (κ2) is 5.36. The van der Waals surface area contributed by atoms with Gasteiger partial charge in [-0.25, -0.2) is 8.78 Å². The minimum absolute atomic E-state index is 0.0930. The molecule has 0 spiro atoms. The van der Waals surface area contributed by atoms with Gasteiger partial charge in [-0.2, -0.15) is 0 Å². The van der Waals surface area contributed by atoms with Gasteiger partial charge < -0.3 is 11.1 Å². The normalized spacial score (nSPS) is 10.8. The van der Waals surface area contributed by atoms with E-state index in [1.54, 1.807) is 6.20 Å². The molecule has 0 atom stereocenters. The molecule has 1 heterocycles. The van der Waals surface area contributed by atoms with E-state index in [-0.39, 0.29) is 11.4 Å². The van der Waals surface area contributed by atoms with Gasteiger partial charge >= 0.3 is 0 Å². The van der Waals surface area contributed by atoms with Crippen molar-refractivity contribution in [3.63, 3.8) is 0 Å². The predicted octanol–water partition coefficient (Wildman–Crippen LogP) is 3.71. The summed E-state index contributed by atoms with van der Waals surface area (Å²) in [6.45, 7) is 0.376. The Morgan fingerprint density at radius 3 is 2.76 bits per heavy atom. The van der Waals surface area contributed by atoms with Crippen LogP contribution in [0.2, 0.25) is 0 Å². The molecule has 0 aliphatic heterocycles. The van der Waals surface area contributed by atoms with E-state index in [0.29, 0.717) is 6.54 Å². The standard InChI is InChI=1S/C16H13F2N3/c17-12-7-13(18)15(19)14(8-12)21-9-11-4-1-3-10-5-2-6-20-16(10)11/h1-8,21H,9,19H2. The van der Waals surface area contributed by atoms with Crippen molar-refractivity contribution in [2.75, 3.05) is 11.1 Å². The molecule has 0 unspecified atom stereocenters. The number of nitrogens with two attached hydrogens (primary N) is 1. The lowest BCUT2D eigenvalue weighted by molar-refractivity contribution is 0.587. The third-order valence-electron chi connectivity index (χ3n) is 3.28. The summed E-state index contributed by atoms with van der Waals surface area (Å²) in [5.41, 5.74) is 7.53. The van der Waals surface area contributed by atoms with Crippen LogP contribution in [-0.4, -0.2) is 4.98 Å². The maximum atomic E-state index is 13.4. The number of halogens is 2. The van der Waals surface area contributed by atoms with Crippen molar-refractivity contribution in [2.45, 2.75) is 6.54 Å². The van der Waals surface area contributed by atoms with Crippen molar-refractivity contribution in [2.24, 2.45) is 0 Å². The summed E-state index contributed by atoms with van der Waals surface area (Å²) in [4.78, 5) is 4.33. The highest BCUT2D eigenvalue weighted by Gasteiger charge is 2.09. The van der Waals surface area contributed by atoms with Gasteiger partial charge in [0.2, 0.25) is 0 Å². The van der Waals surface area contributed by atoms with Gasteiger partial charge in [-0.3, -0.25) is 4.98 Å². The number of nitrogen functional groups attached to an aromatic ring is 1. The number of pyridine rings is 1. The van der Waals surface area contributed by atoms with Gasteiger partial charge in [-0.15, -0.1) is 0 Å². The molecule has 0 saturated heterocycles. The molecular formula is C16H13F2N3. The number of benzene rings is 2. The molecule has 0 radical (unpaired) electrons. The number of nitrogens with zero attached hydrogens (tertiary/aromatic N) is 1. The van der Waals surface area contributed by atoms with E-state index in [1.807, 2.05) is 30.3 Å². The Labute approximate surface area is 120 Å². The Balaban J connectivity index is 1.91. The lowest BCUT2D eigenvalue weighted by Crippen LogP contribution is -2.05. The number of nitrogens with one attached hydrogen (secondary N) is 1. The van der Waals surface area contributed by atoms with Crippen LogP contribution in [0.1, 0.15) is 5.56 Å². The number of hydrogen-bond donors (Lipinski definition) is 2. The van der Waals surface area contributed by atoms with Crippen molar-refractivity contribution < 1.29 is 8.78 Å². The second-order valence-corrected chi connectivity index (χ2v) is 4.69. The Morgan fingerprint density at radius 2 is 1.90 bits per heavy atom. The summed E-state index contributed by atoms with van der Waals surface area (Å²) >= 11 is 0. The molecule has 0 amide bonds. The zero-order valence-electron chi connectivity index (χ0n) is 11.1. The highest BCUT2D eigenvalue weighted by Crippen LogP contribution is 2.25. The number of rotatable bonds is 3. The van der Waals surface area contributed by atoms with E-state index in [4.69, 9.17) is 5.73 Å². The van der Waals surface area contributed by atoms with Crippen LogP contribution in [0.25, 0.3) is 10.9 Å². The zero-order chi connectivity index (χ0) is 14.8. The van der Waals surface area contributed by atoms with Crippen LogP contribution in [0.5, 0.6) is 0 Å². The molecule has 3 rings (SSSR count). The average molecular weight is 285 g/mol. The van der Waals surface area contributed by atoms with Crippen molar-refractivity contribution in [3.05, 3.63) is 65.9 Å². The van der Waals surface area contributed by atoms with Crippen molar-refractivity contribution in [1.29, 1.82) is 0 Å². The zero-order valence-corrected chi connectivity index (χ0v) is 11.1. The van der Waals surface area contributed by atoms with Crippen LogP contribution >= 0.6 is 0 Å². The fourth-order valence-electron chi connectivity index (χ4n) is 2.23. The van der Waals surface area contributed by atoms with Gasteiger partial charge in [0.25, 0.3) is 0 Å². The molecule has 2 aromatic carbocycles. The second-order valence-electron chi connectivity index (χ2n) is 4.69. The van der Waals surface area contributed by atoms with Crippen LogP contribution < -0.4 is 11.1 Å². The van der Waals surface area contributed by atoms with E-state index < -0.39 is 11.6 Å². The first-order valence-electron chi connectivity index (χ1n) is 6.46. The molecule has 0 aliphatic rings. The highest BCUT2D eigenvalue weighted by atomic mass is 19.1. The van der Waals surface area contributed by atoms with Crippen LogP contribution in [0.3, 0.4) is 0 Å². The molecule has 106 valence electrons. The molecule has 3 nitrogen and oxygen atoms in total. The minimum Gasteiger partial charge on any atom is -0.395 e. The summed E-state index contributed by atoms with van der Waals surface area (Å²) in [6, 6.07) is 11.5. The Bertz CT molecular complexity index is 797. The fourth-order valence-corrected chi connectivity index (χ4v) is 2.23. The topological polar surface area (TPSA) is 50.9 Å². The number of para-hydroxylation sites is 1. The summed E-state index contributed by atoms with van der Waals surface area (Å²) in [5.74, 6) is -1.44. The quantitative estimate of drug-likeness (QED) is 0.721. The lowest BCUT2D eigenvalue weighted by atomic mass is 10.1. The van der Waals surface area contributed by atoms with Crippen molar-refractivity contribution in [3.8, 4) is 0 Å². The highest BCUT2D eigenvalue weighted by molar-refractivity contribution is 5.82. The van der Waals surface area contributed by atoms with Gasteiger partial charge in [-0.05, 0) is 17.7 Å². The maximum Gasteiger partial charge on any atom is 0.151 e. The van der Waals surface area contributed by atoms with Crippen LogP contribution in [0.15, 0.2) is 48.7 Å². The number of aromatic nitrogens is 1. The molecule has 3 aromatic rings. The first-order valence-corrected chi connectivity index (χ1v) is 6.46. The van der Waals surface area contributed by atoms with E-state index in [0.717, 1.165) is 22.5 Å². The molecule has 1 aromatic heterocycles. The molecule has 0 aliphatic carbocycles. The van der Waals surface area contributed by atoms with Gasteiger partial charge in [0.1, 0.15) is 5.82 Å². The van der Waals surface area contributed by atoms with Crippen LogP contribution in [-0.2, 0) is 6.54 Å². The summed E-state index contributed by atoms with van der Waals surface area (Å²) < 4.78 is 26.6. The molecular weight excluding hydrogens is 272 g/mol. The summed E-state index contributed by atoms with van der Waals surface area (Å²) in [7, 11) is 0. The summed E-state index contributed by atoms with van der Waals surface area (Å²) in [6.07, 6.45) is 1.71. The third kappa shape index (κ3) is 2.63. The van der Waals surface area contributed by atoms with Crippen LogP contribution in [0.4, 0.5) is 20.2 Å². The number of hydrogen-bond acceptors (Lipinski definition) is 3. The molecule has 3 N–H and O–H groups in total. The molecule has 0 fully saturated rings. The predicted molar refractivity (Wildman–Crippen MR) is 79.8 cm³/mol. The van der Waals surface area contributed by atoms with E-state index in [2.05, 4.69) is 10.3 Å². The minimum atomic E-state index is -0.770. The monoisotopic (exact) mass is 285 g/mol. The third-order valence-corrected chi connectivity index (χ3v) is 3.28. The first-order chi connectivity index (χ1) is 10.1. The molecule has 0 saturated carbocycles. The lowest BCUT2D eigenvalue weighted by Gasteiger charge is -2.11. The largest absolute Gasteiger partial charge is 0.395 e. The van der Waals surface area contributed by atoms with Gasteiger partial charge in [-0.1, -0.05) is 24.3 Å².